The molecule has 0 aromatic heterocycles. The van der Waals surface area contributed by atoms with Gasteiger partial charge in [-0.2, -0.15) is 0 Å². The van der Waals surface area contributed by atoms with Gasteiger partial charge in [0.1, 0.15) is 0 Å². The van der Waals surface area contributed by atoms with Crippen LogP contribution in [0.1, 0.15) is 66.8 Å². The van der Waals surface area contributed by atoms with Gasteiger partial charge in [-0.05, 0) is 159 Å². The smallest absolute Gasteiger partial charge is 0.0726 e. The molecule has 12 aromatic carbocycles. The first-order valence-electron chi connectivity index (χ1n) is 26.8. The summed E-state index contributed by atoms with van der Waals surface area (Å²) in [7, 11) is 0. The van der Waals surface area contributed by atoms with Crippen LogP contribution in [0.5, 0.6) is 0 Å². The highest BCUT2D eigenvalue weighted by Crippen LogP contribution is 2.70. The van der Waals surface area contributed by atoms with Gasteiger partial charge in [0.15, 0.2) is 0 Å². The number of benzene rings is 12. The highest BCUT2D eigenvalue weighted by atomic mass is 15.1. The van der Waals surface area contributed by atoms with Crippen molar-refractivity contribution in [1.29, 1.82) is 0 Å². The average Bonchev–Trinajstić information content (AvgIpc) is 4.28. The van der Waals surface area contributed by atoms with Crippen molar-refractivity contribution in [2.24, 2.45) is 0 Å². The van der Waals surface area contributed by atoms with Crippen LogP contribution in [0.25, 0.3) is 55.6 Å². The molecular weight excluding hydrogens is 915 g/mol. The summed E-state index contributed by atoms with van der Waals surface area (Å²) in [6.07, 6.45) is 0. The molecule has 17 rings (SSSR count). The topological polar surface area (TPSA) is 3.24 Å². The second kappa shape index (κ2) is 15.3. The molecule has 0 fully saturated rings. The molecular formula is C75H47N. The van der Waals surface area contributed by atoms with Crippen LogP contribution in [0.4, 0.5) is 17.1 Å². The fourth-order valence-electron chi connectivity index (χ4n) is 15.6. The first-order valence-corrected chi connectivity index (χ1v) is 26.8. The zero-order chi connectivity index (χ0) is 49.7. The maximum Gasteiger partial charge on any atom is 0.0726 e. The van der Waals surface area contributed by atoms with Crippen LogP contribution in [-0.4, -0.2) is 0 Å². The Morgan fingerprint density at radius 1 is 0.171 bits per heavy atom. The van der Waals surface area contributed by atoms with Crippen molar-refractivity contribution in [3.63, 3.8) is 0 Å². The minimum Gasteiger partial charge on any atom is -0.310 e. The van der Waals surface area contributed by atoms with Crippen LogP contribution in [0.2, 0.25) is 0 Å². The number of nitrogens with zero attached hydrogens (tertiary/aromatic N) is 1. The Hall–Kier alpha value is -9.56. The molecule has 0 saturated carbocycles. The van der Waals surface area contributed by atoms with E-state index >= 15 is 0 Å². The van der Waals surface area contributed by atoms with Crippen molar-refractivity contribution in [1.82, 2.24) is 0 Å². The number of hydrogen-bond donors (Lipinski definition) is 0. The summed E-state index contributed by atoms with van der Waals surface area (Å²) >= 11 is 0. The lowest BCUT2D eigenvalue weighted by molar-refractivity contribution is 0.755. The minimum atomic E-state index is -0.829. The largest absolute Gasteiger partial charge is 0.310 e. The Bertz CT molecular complexity index is 4100. The standard InChI is InChI=1S/C75H47N/c1-3-23-48(24-4-1)76(49-25-5-2-6-26-49)50-45-46-56-55-31-11-18-38-63(55)75(70(56)47-50,68-43-21-41-66-71(68)57-32-12-19-39-64(57)73(66)59-34-14-7-27-51(59)52-28-8-15-35-60(52)73)69-44-22-42-67-72(69)58-33-13-20-40-65(58)74(67)61-36-16-9-29-53(61)54-30-10-17-37-62(54)74/h1-47H. The van der Waals surface area contributed by atoms with E-state index in [9.17, 15) is 0 Å². The molecule has 0 radical (unpaired) electrons. The van der Waals surface area contributed by atoms with Gasteiger partial charge in [0.25, 0.3) is 0 Å². The molecule has 76 heavy (non-hydrogen) atoms. The highest BCUT2D eigenvalue weighted by Gasteiger charge is 2.58. The van der Waals surface area contributed by atoms with E-state index in [1.54, 1.807) is 0 Å². The van der Waals surface area contributed by atoms with Crippen molar-refractivity contribution in [2.45, 2.75) is 16.2 Å². The summed E-state index contributed by atoms with van der Waals surface area (Å²) in [6, 6.07) is 109. The summed E-state index contributed by atoms with van der Waals surface area (Å²) in [5.41, 5.74) is 30.3. The number of para-hydroxylation sites is 2. The molecule has 0 bridgehead atoms. The maximum absolute atomic E-state index is 2.56. The van der Waals surface area contributed by atoms with Gasteiger partial charge in [-0.1, -0.05) is 249 Å². The maximum atomic E-state index is 2.56. The number of fused-ring (bicyclic) bond motifs is 23. The highest BCUT2D eigenvalue weighted by molar-refractivity contribution is 6.02. The lowest BCUT2D eigenvalue weighted by Crippen LogP contribution is -2.32. The summed E-state index contributed by atoms with van der Waals surface area (Å²) in [5, 5.41) is 0. The summed E-state index contributed by atoms with van der Waals surface area (Å²) < 4.78 is 0. The zero-order valence-corrected chi connectivity index (χ0v) is 41.6. The van der Waals surface area contributed by atoms with Gasteiger partial charge in [0, 0.05) is 17.1 Å². The normalized spacial score (nSPS) is 14.9. The van der Waals surface area contributed by atoms with E-state index in [-0.39, 0.29) is 0 Å². The summed E-state index contributed by atoms with van der Waals surface area (Å²) in [5.74, 6) is 0. The van der Waals surface area contributed by atoms with E-state index in [0.29, 0.717) is 0 Å². The van der Waals surface area contributed by atoms with Crippen LogP contribution in [0.15, 0.2) is 285 Å². The Kier molecular flexibility index (Phi) is 8.41. The molecule has 1 heteroatoms. The van der Waals surface area contributed by atoms with Crippen LogP contribution >= 0.6 is 0 Å². The fraction of sp³-hybridized carbons (Fsp3) is 0.0400. The first kappa shape index (κ1) is 41.9. The third-order valence-corrected chi connectivity index (χ3v) is 18.2. The number of hydrogen-bond acceptors (Lipinski definition) is 1. The van der Waals surface area contributed by atoms with E-state index in [1.165, 1.54) is 122 Å². The quantitative estimate of drug-likeness (QED) is 0.166. The molecule has 0 heterocycles. The molecule has 5 aliphatic rings. The van der Waals surface area contributed by atoms with Crippen LogP contribution < -0.4 is 4.90 Å². The van der Waals surface area contributed by atoms with Crippen LogP contribution in [-0.2, 0) is 16.2 Å². The van der Waals surface area contributed by atoms with E-state index in [4.69, 9.17) is 0 Å². The number of rotatable bonds is 5. The fourth-order valence-corrected chi connectivity index (χ4v) is 15.6. The predicted octanol–water partition coefficient (Wildman–Crippen LogP) is 18.2. The molecule has 0 atom stereocenters. The lowest BCUT2D eigenvalue weighted by Gasteiger charge is -2.39. The molecule has 0 amide bonds. The Morgan fingerprint density at radius 2 is 0.421 bits per heavy atom. The molecule has 5 aliphatic carbocycles. The second-order valence-electron chi connectivity index (χ2n) is 21.3. The molecule has 0 aliphatic heterocycles. The van der Waals surface area contributed by atoms with E-state index in [1.807, 2.05) is 0 Å². The molecule has 0 N–H and O–H groups in total. The van der Waals surface area contributed by atoms with E-state index in [2.05, 4.69) is 290 Å². The Labute approximate surface area is 443 Å². The molecule has 0 saturated heterocycles. The number of anilines is 3. The van der Waals surface area contributed by atoms with Gasteiger partial charge in [0.05, 0.1) is 16.2 Å². The third kappa shape index (κ3) is 4.97. The van der Waals surface area contributed by atoms with Crippen molar-refractivity contribution in [2.75, 3.05) is 4.90 Å². The SMILES string of the molecule is c1ccc(N(c2ccccc2)c2ccc3c(c2)C(c2cccc4c2-c2ccccc2C42c4ccccc4-c4ccccc42)(c2cccc4c2-c2ccccc2C42c4ccccc4-c4ccccc42)c2ccccc2-3)cc1. The molecule has 1 nitrogen and oxygen atoms in total. The van der Waals surface area contributed by atoms with Gasteiger partial charge < -0.3 is 4.90 Å². The van der Waals surface area contributed by atoms with Gasteiger partial charge in [-0.15, -0.1) is 0 Å². The first-order chi connectivity index (χ1) is 37.7. The van der Waals surface area contributed by atoms with Gasteiger partial charge in [-0.3, -0.25) is 0 Å². The molecule has 352 valence electrons. The average molecular weight is 962 g/mol. The van der Waals surface area contributed by atoms with E-state index in [0.717, 1.165) is 17.1 Å². The second-order valence-corrected chi connectivity index (χ2v) is 21.3. The lowest BCUT2D eigenvalue weighted by atomic mass is 9.62. The van der Waals surface area contributed by atoms with Crippen molar-refractivity contribution >= 4 is 17.1 Å². The van der Waals surface area contributed by atoms with Crippen LogP contribution in [0.3, 0.4) is 0 Å². The van der Waals surface area contributed by atoms with Gasteiger partial charge in [0.2, 0.25) is 0 Å². The van der Waals surface area contributed by atoms with Crippen LogP contribution in [0, 0.1) is 0 Å². The molecule has 2 spiro atoms. The third-order valence-electron chi connectivity index (χ3n) is 18.2. The summed E-state index contributed by atoms with van der Waals surface area (Å²) in [6.45, 7) is 0. The van der Waals surface area contributed by atoms with E-state index < -0.39 is 16.2 Å². The monoisotopic (exact) mass is 961 g/mol. The summed E-state index contributed by atoms with van der Waals surface area (Å²) in [4.78, 5) is 2.44. The Balaban J connectivity index is 1.06. The predicted molar refractivity (Wildman–Crippen MR) is 311 cm³/mol. The Morgan fingerprint density at radius 3 is 0.763 bits per heavy atom. The molecule has 12 aromatic rings. The molecule has 0 unspecified atom stereocenters. The minimum absolute atomic E-state index is 0.525. The van der Waals surface area contributed by atoms with Gasteiger partial charge in [-0.25, -0.2) is 0 Å². The zero-order valence-electron chi connectivity index (χ0n) is 41.6. The van der Waals surface area contributed by atoms with Crippen molar-refractivity contribution in [3.8, 4) is 55.6 Å². The van der Waals surface area contributed by atoms with Gasteiger partial charge >= 0.3 is 0 Å². The van der Waals surface area contributed by atoms with Crippen molar-refractivity contribution in [3.05, 3.63) is 352 Å². The van der Waals surface area contributed by atoms with Crippen molar-refractivity contribution < 1.29 is 0 Å².